The number of halogens is 1. The van der Waals surface area contributed by atoms with Crippen LogP contribution in [0.5, 0.6) is 5.75 Å². The lowest BCUT2D eigenvalue weighted by Gasteiger charge is -2.12. The molecule has 0 aliphatic heterocycles. The van der Waals surface area contributed by atoms with Crippen molar-refractivity contribution < 1.29 is 9.53 Å². The molecular weight excluding hydrogens is 374 g/mol. The van der Waals surface area contributed by atoms with Gasteiger partial charge in [-0.3, -0.25) is 4.79 Å². The molecule has 1 amide bonds. The van der Waals surface area contributed by atoms with Gasteiger partial charge in [0.05, 0.1) is 16.3 Å². The summed E-state index contributed by atoms with van der Waals surface area (Å²) in [6.07, 6.45) is 0. The van der Waals surface area contributed by atoms with Gasteiger partial charge in [-0.05, 0) is 35.9 Å². The van der Waals surface area contributed by atoms with E-state index >= 15 is 0 Å². The topological polar surface area (TPSA) is 74.1 Å². The van der Waals surface area contributed by atoms with E-state index in [-0.39, 0.29) is 12.5 Å². The highest BCUT2D eigenvalue weighted by Gasteiger charge is 2.08. The van der Waals surface area contributed by atoms with Crippen LogP contribution in [0.25, 0.3) is 0 Å². The molecule has 5 nitrogen and oxygen atoms in total. The lowest BCUT2D eigenvalue weighted by atomic mass is 10.2. The predicted molar refractivity (Wildman–Crippen MR) is 111 cm³/mol. The lowest BCUT2D eigenvalue weighted by molar-refractivity contribution is -0.118. The molecule has 0 saturated heterocycles. The minimum Gasteiger partial charge on any atom is -0.482 e. The van der Waals surface area contributed by atoms with Crippen molar-refractivity contribution in [2.75, 3.05) is 17.2 Å². The molecule has 3 aromatic rings. The molecule has 2 N–H and O–H groups in total. The third-order valence-corrected chi connectivity index (χ3v) is 4.26. The molecule has 0 atom stereocenters. The highest BCUT2D eigenvalue weighted by Crippen LogP contribution is 2.26. The Balaban J connectivity index is 1.55. The summed E-state index contributed by atoms with van der Waals surface area (Å²) >= 11 is 6.31. The molecule has 0 bridgehead atoms. The number of hydrogen-bond acceptors (Lipinski definition) is 4. The second-order valence-electron chi connectivity index (χ2n) is 5.98. The van der Waals surface area contributed by atoms with E-state index in [4.69, 9.17) is 21.6 Å². The zero-order valence-corrected chi connectivity index (χ0v) is 15.7. The van der Waals surface area contributed by atoms with E-state index in [2.05, 4.69) is 10.6 Å². The van der Waals surface area contributed by atoms with E-state index in [0.717, 1.165) is 11.3 Å². The number of nitrogens with one attached hydrogen (secondary N) is 2. The molecule has 0 spiro atoms. The van der Waals surface area contributed by atoms with Gasteiger partial charge in [0.1, 0.15) is 11.8 Å². The Morgan fingerprint density at radius 3 is 2.54 bits per heavy atom. The SMILES string of the molecule is N#Cc1ccccc1OCC(=O)Nc1ccc(NCc2ccccc2)c(Cl)c1. The summed E-state index contributed by atoms with van der Waals surface area (Å²) in [7, 11) is 0. The zero-order chi connectivity index (χ0) is 19.8. The first-order valence-electron chi connectivity index (χ1n) is 8.65. The largest absolute Gasteiger partial charge is 0.482 e. The molecule has 6 heteroatoms. The van der Waals surface area contributed by atoms with Gasteiger partial charge in [-0.15, -0.1) is 0 Å². The van der Waals surface area contributed by atoms with Crippen molar-refractivity contribution in [1.82, 2.24) is 0 Å². The van der Waals surface area contributed by atoms with Crippen LogP contribution < -0.4 is 15.4 Å². The summed E-state index contributed by atoms with van der Waals surface area (Å²) < 4.78 is 5.42. The van der Waals surface area contributed by atoms with E-state index in [1.54, 1.807) is 36.4 Å². The molecule has 0 aromatic heterocycles. The number of anilines is 2. The molecule has 3 aromatic carbocycles. The molecule has 3 rings (SSSR count). The summed E-state index contributed by atoms with van der Waals surface area (Å²) in [5.74, 6) is 0.0347. The Morgan fingerprint density at radius 2 is 1.79 bits per heavy atom. The van der Waals surface area contributed by atoms with Gasteiger partial charge in [0, 0.05) is 12.2 Å². The zero-order valence-electron chi connectivity index (χ0n) is 15.0. The Hall–Kier alpha value is -3.49. The molecule has 28 heavy (non-hydrogen) atoms. The Kier molecular flexibility index (Phi) is 6.50. The maximum atomic E-state index is 12.1. The average Bonchev–Trinajstić information content (AvgIpc) is 2.72. The van der Waals surface area contributed by atoms with Crippen LogP contribution in [0.1, 0.15) is 11.1 Å². The number of rotatable bonds is 7. The number of nitrogens with zero attached hydrogens (tertiary/aromatic N) is 1. The van der Waals surface area contributed by atoms with Crippen LogP contribution in [-0.2, 0) is 11.3 Å². The van der Waals surface area contributed by atoms with Gasteiger partial charge in [0.2, 0.25) is 0 Å². The quantitative estimate of drug-likeness (QED) is 0.604. The van der Waals surface area contributed by atoms with Crippen molar-refractivity contribution in [1.29, 1.82) is 5.26 Å². The first-order chi connectivity index (χ1) is 13.7. The standard InChI is InChI=1S/C22H18ClN3O2/c23-19-12-18(10-11-20(19)25-14-16-6-2-1-3-7-16)26-22(27)15-28-21-9-5-4-8-17(21)13-24/h1-12,25H,14-15H2,(H,26,27). The van der Waals surface area contributed by atoms with Crippen LogP contribution in [-0.4, -0.2) is 12.5 Å². The molecule has 0 saturated carbocycles. The van der Waals surface area contributed by atoms with Crippen LogP contribution in [0.3, 0.4) is 0 Å². The minimum atomic E-state index is -0.339. The van der Waals surface area contributed by atoms with Crippen molar-refractivity contribution in [3.05, 3.63) is 88.9 Å². The summed E-state index contributed by atoms with van der Waals surface area (Å²) in [4.78, 5) is 12.1. The fourth-order valence-corrected chi connectivity index (χ4v) is 2.80. The van der Waals surface area contributed by atoms with Gasteiger partial charge in [0.25, 0.3) is 5.91 Å². The molecular formula is C22H18ClN3O2. The third-order valence-electron chi connectivity index (χ3n) is 3.94. The number of ether oxygens (including phenoxy) is 1. The first kappa shape index (κ1) is 19.3. The van der Waals surface area contributed by atoms with Crippen LogP contribution in [0.2, 0.25) is 5.02 Å². The number of amides is 1. The van der Waals surface area contributed by atoms with Crippen LogP contribution in [0.4, 0.5) is 11.4 Å². The summed E-state index contributed by atoms with van der Waals surface area (Å²) in [6.45, 7) is 0.447. The smallest absolute Gasteiger partial charge is 0.262 e. The average molecular weight is 392 g/mol. The fraction of sp³-hybridized carbons (Fsp3) is 0.0909. The minimum absolute atomic E-state index is 0.204. The van der Waals surface area contributed by atoms with Gasteiger partial charge < -0.3 is 15.4 Å². The number of nitriles is 1. The third kappa shape index (κ3) is 5.26. The van der Waals surface area contributed by atoms with Gasteiger partial charge >= 0.3 is 0 Å². The summed E-state index contributed by atoms with van der Waals surface area (Å²) in [5.41, 5.74) is 2.87. The van der Waals surface area contributed by atoms with Crippen molar-refractivity contribution in [2.24, 2.45) is 0 Å². The highest BCUT2D eigenvalue weighted by molar-refractivity contribution is 6.33. The molecule has 0 unspecified atom stereocenters. The summed E-state index contributed by atoms with van der Waals surface area (Å²) in [6, 6.07) is 24.0. The van der Waals surface area contributed by atoms with E-state index in [1.165, 1.54) is 0 Å². The molecule has 0 heterocycles. The first-order valence-corrected chi connectivity index (χ1v) is 9.02. The van der Waals surface area contributed by atoms with E-state index in [1.807, 2.05) is 42.5 Å². The molecule has 0 fully saturated rings. The Morgan fingerprint density at radius 1 is 1.04 bits per heavy atom. The van der Waals surface area contributed by atoms with Gasteiger partial charge in [-0.25, -0.2) is 0 Å². The molecule has 0 aliphatic rings. The molecule has 0 aliphatic carbocycles. The van der Waals surface area contributed by atoms with E-state index in [0.29, 0.717) is 28.6 Å². The Labute approximate surface area is 168 Å². The fourth-order valence-electron chi connectivity index (χ4n) is 2.55. The second-order valence-corrected chi connectivity index (χ2v) is 6.39. The van der Waals surface area contributed by atoms with Crippen LogP contribution >= 0.6 is 11.6 Å². The highest BCUT2D eigenvalue weighted by atomic mass is 35.5. The van der Waals surface area contributed by atoms with Gasteiger partial charge in [-0.2, -0.15) is 5.26 Å². The van der Waals surface area contributed by atoms with Gasteiger partial charge in [0.15, 0.2) is 6.61 Å². The second kappa shape index (κ2) is 9.45. The number of para-hydroxylation sites is 1. The maximum Gasteiger partial charge on any atom is 0.262 e. The number of benzene rings is 3. The van der Waals surface area contributed by atoms with Crippen molar-refractivity contribution in [3.8, 4) is 11.8 Å². The normalized spacial score (nSPS) is 10.0. The van der Waals surface area contributed by atoms with Crippen molar-refractivity contribution >= 4 is 28.9 Å². The Bertz CT molecular complexity index is 1000. The molecule has 140 valence electrons. The monoisotopic (exact) mass is 391 g/mol. The number of hydrogen-bond donors (Lipinski definition) is 2. The lowest BCUT2D eigenvalue weighted by Crippen LogP contribution is -2.20. The predicted octanol–water partition coefficient (Wildman–Crippen LogP) is 4.84. The van der Waals surface area contributed by atoms with Gasteiger partial charge in [-0.1, -0.05) is 54.1 Å². The van der Waals surface area contributed by atoms with Crippen molar-refractivity contribution in [3.63, 3.8) is 0 Å². The van der Waals surface area contributed by atoms with E-state index in [9.17, 15) is 4.79 Å². The maximum absolute atomic E-state index is 12.1. The van der Waals surface area contributed by atoms with Crippen LogP contribution in [0, 0.1) is 11.3 Å². The van der Waals surface area contributed by atoms with E-state index < -0.39 is 0 Å². The van der Waals surface area contributed by atoms with Crippen molar-refractivity contribution in [2.45, 2.75) is 6.54 Å². The van der Waals surface area contributed by atoms with Crippen LogP contribution in [0.15, 0.2) is 72.8 Å². The number of carbonyl (C=O) groups is 1. The summed E-state index contributed by atoms with van der Waals surface area (Å²) in [5, 5.41) is 15.5. The molecule has 0 radical (unpaired) electrons. The number of carbonyl (C=O) groups excluding carboxylic acids is 1.